The van der Waals surface area contributed by atoms with Crippen molar-refractivity contribution in [2.45, 2.75) is 112 Å². The van der Waals surface area contributed by atoms with E-state index in [2.05, 4.69) is 0 Å². The molecule has 3 fully saturated rings. The third-order valence-electron chi connectivity index (χ3n) is 8.20. The van der Waals surface area contributed by atoms with Crippen molar-refractivity contribution in [2.24, 2.45) is 17.8 Å². The van der Waals surface area contributed by atoms with Crippen LogP contribution in [-0.2, 0) is 0 Å². The van der Waals surface area contributed by atoms with Crippen LogP contribution in [0, 0.1) is 17.8 Å². The van der Waals surface area contributed by atoms with Crippen molar-refractivity contribution in [3.05, 3.63) is 0 Å². The first-order valence-electron chi connectivity index (χ1n) is 11.5. The number of halogens is 9. The summed E-state index contributed by atoms with van der Waals surface area (Å²) in [5, 5.41) is 0. The van der Waals surface area contributed by atoms with E-state index in [1.807, 2.05) is 0 Å². The Hall–Kier alpha value is -0.413. The van der Waals surface area contributed by atoms with Crippen LogP contribution in [0.1, 0.15) is 77.0 Å². The zero-order valence-electron chi connectivity index (χ0n) is 17.4. The second kappa shape index (κ2) is 9.45. The Labute approximate surface area is 178 Å². The number of hydrogen-bond acceptors (Lipinski definition) is 0. The summed E-state index contributed by atoms with van der Waals surface area (Å²) in [4.78, 5) is 0. The predicted octanol–water partition coefficient (Wildman–Crippen LogP) is 8.58. The molecule has 10 heteroatoms. The quantitative estimate of drug-likeness (QED) is 0.279. The van der Waals surface area contributed by atoms with Gasteiger partial charge in [0.25, 0.3) is 0 Å². The molecule has 0 radical (unpaired) electrons. The van der Waals surface area contributed by atoms with Crippen LogP contribution >= 0.6 is 0 Å². The highest BCUT2D eigenvalue weighted by atomic mass is 28.3. The molecule has 0 N–H and O–H groups in total. The Balaban J connectivity index is 2.06. The van der Waals surface area contributed by atoms with Crippen molar-refractivity contribution in [1.29, 1.82) is 0 Å². The Kier molecular flexibility index (Phi) is 7.68. The molecule has 0 heterocycles. The van der Waals surface area contributed by atoms with E-state index in [1.165, 1.54) is 0 Å². The highest BCUT2D eigenvalue weighted by molar-refractivity contribution is 6.64. The van der Waals surface area contributed by atoms with Gasteiger partial charge in [-0.1, -0.05) is 57.8 Å². The van der Waals surface area contributed by atoms with Gasteiger partial charge in [0.2, 0.25) is 0 Å². The fraction of sp³-hybridized carbons (Fsp3) is 1.00. The molecule has 0 unspecified atom stereocenters. The summed E-state index contributed by atoms with van der Waals surface area (Å²) < 4.78 is 125. The summed E-state index contributed by atoms with van der Waals surface area (Å²) in [5.74, 6) is -5.24. The molecule has 0 nitrogen and oxygen atoms in total. The molecular weight excluding hydrogens is 451 g/mol. The van der Waals surface area contributed by atoms with Crippen molar-refractivity contribution in [3.8, 4) is 0 Å². The van der Waals surface area contributed by atoms with Crippen molar-refractivity contribution in [1.82, 2.24) is 0 Å². The number of alkyl halides is 9. The fourth-order valence-corrected chi connectivity index (χ4v) is 13.6. The standard InChI is InChI=1S/C21H31F9Si/c22-19(23,24)13-7-1-4-10-16(13)31(17-11-5-2-8-14(17)20(25,26)27)18-12-6-3-9-15(18)21(28,29)30/h13-18,31H,1-12H2/t13-,14-,15+,16+,17+,18-/m0/s1. The summed E-state index contributed by atoms with van der Waals surface area (Å²) in [7, 11) is -3.11. The molecule has 31 heavy (non-hydrogen) atoms. The second-order valence-electron chi connectivity index (χ2n) is 9.87. The van der Waals surface area contributed by atoms with Crippen molar-refractivity contribution >= 4 is 8.80 Å². The van der Waals surface area contributed by atoms with Crippen LogP contribution in [-0.4, -0.2) is 27.3 Å². The fourth-order valence-electron chi connectivity index (χ4n) is 7.03. The van der Waals surface area contributed by atoms with Gasteiger partial charge in [0.05, 0.1) is 17.8 Å². The van der Waals surface area contributed by atoms with Gasteiger partial charge in [-0.3, -0.25) is 0 Å². The molecule has 3 aliphatic rings. The second-order valence-corrected chi connectivity index (χ2v) is 13.6. The van der Waals surface area contributed by atoms with Crippen LogP contribution in [0.15, 0.2) is 0 Å². The normalized spacial score (nSPS) is 36.6. The average Bonchev–Trinajstić information content (AvgIpc) is 2.67. The maximum Gasteiger partial charge on any atom is 0.391 e. The van der Waals surface area contributed by atoms with Crippen LogP contribution in [0.4, 0.5) is 39.5 Å². The smallest absolute Gasteiger partial charge is 0.171 e. The summed E-state index contributed by atoms with van der Waals surface area (Å²) in [6, 6.07) is 0. The molecule has 3 rings (SSSR count). The lowest BCUT2D eigenvalue weighted by Crippen LogP contribution is -2.50. The molecule has 0 aromatic heterocycles. The van der Waals surface area contributed by atoms with Gasteiger partial charge < -0.3 is 0 Å². The molecule has 0 spiro atoms. The van der Waals surface area contributed by atoms with Gasteiger partial charge in [0, 0.05) is 8.80 Å². The third-order valence-corrected chi connectivity index (χ3v) is 13.6. The van der Waals surface area contributed by atoms with Gasteiger partial charge in [-0.2, -0.15) is 39.5 Å². The lowest BCUT2D eigenvalue weighted by molar-refractivity contribution is -0.188. The maximum absolute atomic E-state index is 13.9. The highest BCUT2D eigenvalue weighted by Crippen LogP contribution is 2.60. The first-order chi connectivity index (χ1) is 14.3. The number of hydrogen-bond donors (Lipinski definition) is 0. The van der Waals surface area contributed by atoms with Crippen LogP contribution < -0.4 is 0 Å². The monoisotopic (exact) mass is 482 g/mol. The summed E-state index contributed by atoms with van der Waals surface area (Å²) in [6.07, 6.45) is -11.4. The molecule has 0 aromatic rings. The Morgan fingerprint density at radius 2 is 0.613 bits per heavy atom. The molecule has 0 amide bonds. The first kappa shape index (κ1) is 25.2. The Morgan fingerprint density at radius 1 is 0.387 bits per heavy atom. The van der Waals surface area contributed by atoms with Crippen LogP contribution in [0.5, 0.6) is 0 Å². The van der Waals surface area contributed by atoms with Gasteiger partial charge in [-0.15, -0.1) is 0 Å². The molecule has 3 aliphatic carbocycles. The van der Waals surface area contributed by atoms with Crippen LogP contribution in [0.25, 0.3) is 0 Å². The van der Waals surface area contributed by atoms with E-state index in [0.29, 0.717) is 38.5 Å². The summed E-state index contributed by atoms with van der Waals surface area (Å²) in [5.41, 5.74) is -3.06. The zero-order chi connectivity index (χ0) is 23.0. The topological polar surface area (TPSA) is 0 Å². The molecule has 3 saturated carbocycles. The van der Waals surface area contributed by atoms with Gasteiger partial charge in [-0.05, 0) is 35.9 Å². The molecule has 0 aromatic carbocycles. The summed E-state index contributed by atoms with van der Waals surface area (Å²) >= 11 is 0. The number of rotatable bonds is 3. The van der Waals surface area contributed by atoms with Crippen LogP contribution in [0.2, 0.25) is 16.6 Å². The lowest BCUT2D eigenvalue weighted by atomic mass is 9.86. The van der Waals surface area contributed by atoms with E-state index in [0.717, 1.165) is 0 Å². The van der Waals surface area contributed by atoms with E-state index >= 15 is 0 Å². The molecule has 0 aliphatic heterocycles. The van der Waals surface area contributed by atoms with E-state index in [9.17, 15) is 39.5 Å². The lowest BCUT2D eigenvalue weighted by Gasteiger charge is -2.50. The SMILES string of the molecule is FC(F)(F)[C@@H]1CCCC[C@@H]1[SiH]([C@@H]1CCCC[C@@H]1C(F)(F)F)[C@@H]1CCCC[C@@H]1C(F)(F)F. The minimum atomic E-state index is -4.57. The van der Waals surface area contributed by atoms with E-state index in [-0.39, 0.29) is 38.5 Å². The van der Waals surface area contributed by atoms with Crippen LogP contribution in [0.3, 0.4) is 0 Å². The molecule has 0 bridgehead atoms. The molecular formula is C21H31F9Si. The molecule has 182 valence electrons. The Morgan fingerprint density at radius 3 is 0.839 bits per heavy atom. The molecule has 0 saturated heterocycles. The maximum atomic E-state index is 13.9. The highest BCUT2D eigenvalue weighted by Gasteiger charge is 2.59. The molecule has 6 atom stereocenters. The van der Waals surface area contributed by atoms with E-state index in [4.69, 9.17) is 0 Å². The van der Waals surface area contributed by atoms with Gasteiger partial charge >= 0.3 is 18.5 Å². The largest absolute Gasteiger partial charge is 0.391 e. The van der Waals surface area contributed by atoms with Crippen molar-refractivity contribution in [3.63, 3.8) is 0 Å². The first-order valence-corrected chi connectivity index (χ1v) is 13.5. The zero-order valence-corrected chi connectivity index (χ0v) is 18.6. The Bertz CT molecular complexity index is 502. The van der Waals surface area contributed by atoms with E-state index in [1.54, 1.807) is 0 Å². The van der Waals surface area contributed by atoms with E-state index < -0.39 is 61.7 Å². The van der Waals surface area contributed by atoms with Gasteiger partial charge in [0.15, 0.2) is 0 Å². The van der Waals surface area contributed by atoms with Gasteiger partial charge in [0.1, 0.15) is 0 Å². The predicted molar refractivity (Wildman–Crippen MR) is 102 cm³/mol. The van der Waals surface area contributed by atoms with Gasteiger partial charge in [-0.25, -0.2) is 0 Å². The minimum absolute atomic E-state index is 0.128. The average molecular weight is 483 g/mol. The minimum Gasteiger partial charge on any atom is -0.171 e. The third kappa shape index (κ3) is 5.75. The van der Waals surface area contributed by atoms with Crippen molar-refractivity contribution in [2.75, 3.05) is 0 Å². The summed E-state index contributed by atoms with van der Waals surface area (Å²) in [6.45, 7) is 0. The van der Waals surface area contributed by atoms with Crippen molar-refractivity contribution < 1.29 is 39.5 Å².